The average molecular weight is 352 g/mol. The fourth-order valence-electron chi connectivity index (χ4n) is 2.86. The minimum Gasteiger partial charge on any atom is -0.460 e. The van der Waals surface area contributed by atoms with Gasteiger partial charge in [0.2, 0.25) is 0 Å². The Morgan fingerprint density at radius 1 is 1.20 bits per heavy atom. The number of hydrogen-bond acceptors (Lipinski definition) is 6. The van der Waals surface area contributed by atoms with Gasteiger partial charge in [0.25, 0.3) is 0 Å². The van der Waals surface area contributed by atoms with E-state index in [-0.39, 0.29) is 25.3 Å². The molecule has 0 spiro atoms. The Kier molecular flexibility index (Phi) is 7.65. The SMILES string of the molecule is C=CC(=O)OCC(CC)=C(CC1COC1)C(=O)OCC1OCC1CC. The van der Waals surface area contributed by atoms with Crippen LogP contribution in [0.3, 0.4) is 0 Å². The maximum absolute atomic E-state index is 12.6. The Balaban J connectivity index is 2.00. The van der Waals surface area contributed by atoms with E-state index in [1.807, 2.05) is 6.92 Å². The Morgan fingerprint density at radius 2 is 1.96 bits per heavy atom. The summed E-state index contributed by atoms with van der Waals surface area (Å²) >= 11 is 0. The van der Waals surface area contributed by atoms with Crippen molar-refractivity contribution in [2.45, 2.75) is 39.2 Å². The quantitative estimate of drug-likeness (QED) is 0.444. The number of rotatable bonds is 10. The summed E-state index contributed by atoms with van der Waals surface area (Å²) in [6.07, 6.45) is 3.31. The first kappa shape index (κ1) is 19.7. The number of esters is 2. The van der Waals surface area contributed by atoms with Crippen molar-refractivity contribution in [1.29, 1.82) is 0 Å². The number of hydrogen-bond donors (Lipinski definition) is 0. The van der Waals surface area contributed by atoms with Gasteiger partial charge >= 0.3 is 11.9 Å². The highest BCUT2D eigenvalue weighted by atomic mass is 16.6. The van der Waals surface area contributed by atoms with Gasteiger partial charge in [0.05, 0.1) is 25.9 Å². The van der Waals surface area contributed by atoms with Gasteiger partial charge in [0.1, 0.15) is 13.2 Å². The summed E-state index contributed by atoms with van der Waals surface area (Å²) in [6.45, 7) is 9.79. The molecular weight excluding hydrogens is 324 g/mol. The fraction of sp³-hybridized carbons (Fsp3) is 0.684. The van der Waals surface area contributed by atoms with Crippen molar-refractivity contribution < 1.29 is 28.5 Å². The maximum atomic E-state index is 12.6. The summed E-state index contributed by atoms with van der Waals surface area (Å²) in [5, 5.41) is 0. The van der Waals surface area contributed by atoms with Crippen molar-refractivity contribution in [3.63, 3.8) is 0 Å². The predicted molar refractivity (Wildman–Crippen MR) is 91.9 cm³/mol. The molecule has 2 unspecified atom stereocenters. The zero-order chi connectivity index (χ0) is 18.2. The van der Waals surface area contributed by atoms with Gasteiger partial charge in [-0.15, -0.1) is 0 Å². The van der Waals surface area contributed by atoms with E-state index in [0.717, 1.165) is 24.7 Å². The van der Waals surface area contributed by atoms with Gasteiger partial charge < -0.3 is 18.9 Å². The molecule has 2 aliphatic heterocycles. The summed E-state index contributed by atoms with van der Waals surface area (Å²) < 4.78 is 21.3. The lowest BCUT2D eigenvalue weighted by Gasteiger charge is -2.35. The van der Waals surface area contributed by atoms with Crippen LogP contribution < -0.4 is 0 Å². The molecule has 0 aromatic carbocycles. The molecule has 0 bridgehead atoms. The van der Waals surface area contributed by atoms with E-state index >= 15 is 0 Å². The lowest BCUT2D eigenvalue weighted by molar-refractivity contribution is -0.165. The molecule has 140 valence electrons. The third-order valence-electron chi connectivity index (χ3n) is 4.81. The lowest BCUT2D eigenvalue weighted by Crippen LogP contribution is -2.43. The zero-order valence-corrected chi connectivity index (χ0v) is 15.1. The van der Waals surface area contributed by atoms with Gasteiger partial charge in [-0.3, -0.25) is 0 Å². The number of ether oxygens (including phenoxy) is 4. The van der Waals surface area contributed by atoms with Crippen molar-refractivity contribution >= 4 is 11.9 Å². The topological polar surface area (TPSA) is 71.1 Å². The molecule has 6 nitrogen and oxygen atoms in total. The zero-order valence-electron chi connectivity index (χ0n) is 15.1. The van der Waals surface area contributed by atoms with Gasteiger partial charge in [0, 0.05) is 23.5 Å². The van der Waals surface area contributed by atoms with Crippen LogP contribution in [0.15, 0.2) is 23.8 Å². The van der Waals surface area contributed by atoms with Crippen molar-refractivity contribution in [3.8, 4) is 0 Å². The molecule has 2 fully saturated rings. The first-order valence-electron chi connectivity index (χ1n) is 8.95. The Hall–Kier alpha value is -1.66. The second-order valence-corrected chi connectivity index (χ2v) is 6.49. The van der Waals surface area contributed by atoms with Crippen molar-refractivity contribution in [2.75, 3.05) is 33.0 Å². The van der Waals surface area contributed by atoms with Gasteiger partial charge in [0.15, 0.2) is 0 Å². The Labute approximate surface area is 149 Å². The Bertz CT molecular complexity index is 518. The van der Waals surface area contributed by atoms with Crippen LogP contribution in [0.2, 0.25) is 0 Å². The van der Waals surface area contributed by atoms with Gasteiger partial charge in [-0.05, 0) is 24.8 Å². The molecule has 0 radical (unpaired) electrons. The van der Waals surface area contributed by atoms with E-state index in [1.165, 1.54) is 0 Å². The first-order valence-corrected chi connectivity index (χ1v) is 8.95. The third kappa shape index (κ3) is 5.41. The molecule has 0 N–H and O–H groups in total. The van der Waals surface area contributed by atoms with Gasteiger partial charge in [-0.1, -0.05) is 20.4 Å². The van der Waals surface area contributed by atoms with Crippen LogP contribution in [0.1, 0.15) is 33.1 Å². The summed E-state index contributed by atoms with van der Waals surface area (Å²) in [7, 11) is 0. The van der Waals surface area contributed by atoms with Gasteiger partial charge in [-0.2, -0.15) is 0 Å². The first-order chi connectivity index (χ1) is 12.1. The highest BCUT2D eigenvalue weighted by molar-refractivity contribution is 5.89. The van der Waals surface area contributed by atoms with E-state index in [2.05, 4.69) is 13.5 Å². The normalized spacial score (nSPS) is 23.8. The van der Waals surface area contributed by atoms with E-state index in [1.54, 1.807) is 0 Å². The minimum absolute atomic E-state index is 0.00842. The van der Waals surface area contributed by atoms with Crippen LogP contribution in [0.25, 0.3) is 0 Å². The van der Waals surface area contributed by atoms with E-state index < -0.39 is 5.97 Å². The molecular formula is C19H28O6. The van der Waals surface area contributed by atoms with Crippen molar-refractivity contribution in [2.24, 2.45) is 11.8 Å². The lowest BCUT2D eigenvalue weighted by atomic mass is 9.93. The molecule has 2 heterocycles. The van der Waals surface area contributed by atoms with Crippen LogP contribution in [-0.4, -0.2) is 51.1 Å². The minimum atomic E-state index is -0.501. The van der Waals surface area contributed by atoms with Crippen LogP contribution in [0.4, 0.5) is 0 Å². The smallest absolute Gasteiger partial charge is 0.334 e. The summed E-state index contributed by atoms with van der Waals surface area (Å²) in [5.41, 5.74) is 1.38. The van der Waals surface area contributed by atoms with E-state index in [0.29, 0.717) is 43.5 Å². The highest BCUT2D eigenvalue weighted by Gasteiger charge is 2.32. The van der Waals surface area contributed by atoms with Crippen LogP contribution in [0.5, 0.6) is 0 Å². The average Bonchev–Trinajstić information content (AvgIpc) is 2.55. The fourth-order valence-corrected chi connectivity index (χ4v) is 2.86. The predicted octanol–water partition coefficient (Wildman–Crippen LogP) is 2.43. The highest BCUT2D eigenvalue weighted by Crippen LogP contribution is 2.27. The molecule has 2 atom stereocenters. The molecule has 0 amide bonds. The van der Waals surface area contributed by atoms with Crippen LogP contribution in [-0.2, 0) is 28.5 Å². The standard InChI is InChI=1S/C19H28O6/c1-4-14(10-24-18(20)6-3)16(7-13-8-22-9-13)19(21)25-12-17-15(5-2)11-23-17/h6,13,15,17H,3-5,7-12H2,1-2H3. The molecule has 0 aliphatic carbocycles. The summed E-state index contributed by atoms with van der Waals surface area (Å²) in [4.78, 5) is 24.0. The van der Waals surface area contributed by atoms with E-state index in [9.17, 15) is 9.59 Å². The monoisotopic (exact) mass is 352 g/mol. The summed E-state index contributed by atoms with van der Waals surface area (Å²) in [5.74, 6) is -0.0787. The van der Waals surface area contributed by atoms with Crippen molar-refractivity contribution in [3.05, 3.63) is 23.8 Å². The Morgan fingerprint density at radius 3 is 2.44 bits per heavy atom. The molecule has 2 saturated heterocycles. The van der Waals surface area contributed by atoms with E-state index in [4.69, 9.17) is 18.9 Å². The molecule has 0 aromatic rings. The van der Waals surface area contributed by atoms with Crippen LogP contribution in [0, 0.1) is 11.8 Å². The van der Waals surface area contributed by atoms with Crippen LogP contribution >= 0.6 is 0 Å². The number of carbonyl (C=O) groups is 2. The second-order valence-electron chi connectivity index (χ2n) is 6.49. The second kappa shape index (κ2) is 9.73. The molecule has 2 aliphatic rings. The molecule has 0 saturated carbocycles. The molecule has 25 heavy (non-hydrogen) atoms. The molecule has 2 rings (SSSR count). The molecule has 6 heteroatoms. The number of carbonyl (C=O) groups excluding carboxylic acids is 2. The third-order valence-corrected chi connectivity index (χ3v) is 4.81. The molecule has 0 aromatic heterocycles. The van der Waals surface area contributed by atoms with Crippen molar-refractivity contribution in [1.82, 2.24) is 0 Å². The largest absolute Gasteiger partial charge is 0.460 e. The summed E-state index contributed by atoms with van der Waals surface area (Å²) in [6, 6.07) is 0. The maximum Gasteiger partial charge on any atom is 0.334 e. The van der Waals surface area contributed by atoms with Gasteiger partial charge in [-0.25, -0.2) is 9.59 Å².